The van der Waals surface area contributed by atoms with Gasteiger partial charge in [0.25, 0.3) is 0 Å². The summed E-state index contributed by atoms with van der Waals surface area (Å²) in [4.78, 5) is 2.41. The second kappa shape index (κ2) is 6.42. The minimum Gasteiger partial charge on any atom is -0.365 e. The minimum absolute atomic E-state index is 0.168. The van der Waals surface area contributed by atoms with Gasteiger partial charge in [-0.3, -0.25) is 0 Å². The molecule has 3 aromatic rings. The number of primary sulfonamides is 1. The molecule has 2 heterocycles. The summed E-state index contributed by atoms with van der Waals surface area (Å²) in [6, 6.07) is 15.2. The van der Waals surface area contributed by atoms with Gasteiger partial charge in [0.05, 0.1) is 22.8 Å². The Kier molecular flexibility index (Phi) is 3.99. The van der Waals surface area contributed by atoms with Crippen LogP contribution >= 0.6 is 0 Å². The van der Waals surface area contributed by atoms with Crippen molar-refractivity contribution in [1.29, 1.82) is 0 Å². The summed E-state index contributed by atoms with van der Waals surface area (Å²) in [6.45, 7) is 1.49. The molecule has 1 aromatic heterocycles. The van der Waals surface area contributed by atoms with Crippen molar-refractivity contribution in [1.82, 2.24) is 15.0 Å². The molecule has 0 spiro atoms. The summed E-state index contributed by atoms with van der Waals surface area (Å²) in [5.74, 6) is 0.511. The van der Waals surface area contributed by atoms with Crippen LogP contribution in [-0.4, -0.2) is 30.0 Å². The molecule has 2 N–H and O–H groups in total. The highest BCUT2D eigenvalue weighted by molar-refractivity contribution is 7.89. The normalized spacial score (nSPS) is 16.4. The van der Waals surface area contributed by atoms with Crippen molar-refractivity contribution in [3.63, 3.8) is 0 Å². The van der Waals surface area contributed by atoms with Gasteiger partial charge < -0.3 is 4.90 Å². The molecule has 5 rings (SSSR count). The summed E-state index contributed by atoms with van der Waals surface area (Å²) >= 11 is 0. The molecule has 28 heavy (non-hydrogen) atoms. The Morgan fingerprint density at radius 1 is 1.11 bits per heavy atom. The number of nitrogens with zero attached hydrogens (tertiary/aromatic N) is 4. The highest BCUT2D eigenvalue weighted by Crippen LogP contribution is 2.42. The summed E-state index contributed by atoms with van der Waals surface area (Å²) in [5, 5.41) is 14.2. The van der Waals surface area contributed by atoms with E-state index in [9.17, 15) is 8.42 Å². The van der Waals surface area contributed by atoms with E-state index in [1.165, 1.54) is 18.5 Å². The van der Waals surface area contributed by atoms with Gasteiger partial charge in [-0.15, -0.1) is 5.10 Å². The molecule has 1 aliphatic carbocycles. The molecule has 0 radical (unpaired) electrons. The van der Waals surface area contributed by atoms with Crippen LogP contribution in [0.15, 0.2) is 53.4 Å². The fourth-order valence-electron chi connectivity index (χ4n) is 3.93. The van der Waals surface area contributed by atoms with E-state index in [2.05, 4.69) is 15.2 Å². The van der Waals surface area contributed by atoms with Crippen molar-refractivity contribution in [2.45, 2.75) is 36.6 Å². The van der Waals surface area contributed by atoms with E-state index in [0.717, 1.165) is 35.6 Å². The number of sulfonamides is 1. The zero-order valence-electron chi connectivity index (χ0n) is 15.3. The maximum atomic E-state index is 11.6. The lowest BCUT2D eigenvalue weighted by atomic mass is 10.1. The third-order valence-electron chi connectivity index (χ3n) is 5.46. The molecule has 1 fully saturated rings. The van der Waals surface area contributed by atoms with Crippen LogP contribution in [0.5, 0.6) is 0 Å². The van der Waals surface area contributed by atoms with Crippen molar-refractivity contribution in [3.05, 3.63) is 65.5 Å². The molecule has 2 aliphatic rings. The predicted octanol–water partition coefficient (Wildman–Crippen LogP) is 2.35. The van der Waals surface area contributed by atoms with Crippen molar-refractivity contribution in [2.24, 2.45) is 5.14 Å². The largest absolute Gasteiger partial charge is 0.365 e. The fraction of sp³-hybridized carbons (Fsp3) is 0.300. The number of aromatic nitrogens is 3. The number of rotatable bonds is 5. The molecule has 8 heteroatoms. The quantitative estimate of drug-likeness (QED) is 0.716. The zero-order chi connectivity index (χ0) is 19.3. The van der Waals surface area contributed by atoms with E-state index in [0.29, 0.717) is 12.5 Å². The standard InChI is InChI=1S/C20H21N5O2S/c21-28(26,27)17-8-9-19-15(12-17)10-11-24(19)13-18-20(14-6-7-14)25(23-22-18)16-4-2-1-3-5-16/h1-5,8-9,12,14H,6-7,10-11,13H2,(H2,21,26,27). The Balaban J connectivity index is 1.47. The van der Waals surface area contributed by atoms with Crippen LogP contribution in [0.4, 0.5) is 5.69 Å². The van der Waals surface area contributed by atoms with Crippen LogP contribution in [0.1, 0.15) is 35.7 Å². The van der Waals surface area contributed by atoms with Gasteiger partial charge in [0.15, 0.2) is 0 Å². The van der Waals surface area contributed by atoms with Gasteiger partial charge in [0, 0.05) is 18.2 Å². The Bertz CT molecular complexity index is 1140. The van der Waals surface area contributed by atoms with Gasteiger partial charge in [0.1, 0.15) is 5.69 Å². The predicted molar refractivity (Wildman–Crippen MR) is 106 cm³/mol. The Labute approximate surface area is 163 Å². The molecule has 0 bridgehead atoms. The number of hydrogen-bond donors (Lipinski definition) is 1. The van der Waals surface area contributed by atoms with Gasteiger partial charge >= 0.3 is 0 Å². The van der Waals surface area contributed by atoms with Crippen molar-refractivity contribution in [2.75, 3.05) is 11.4 Å². The third-order valence-corrected chi connectivity index (χ3v) is 6.37. The SMILES string of the molecule is NS(=O)(=O)c1ccc2c(c1)CCN2Cc1nnn(-c2ccccc2)c1C1CC1. The fourth-order valence-corrected chi connectivity index (χ4v) is 4.49. The number of anilines is 1. The van der Waals surface area contributed by atoms with E-state index in [-0.39, 0.29) is 4.90 Å². The topological polar surface area (TPSA) is 94.1 Å². The lowest BCUT2D eigenvalue weighted by Gasteiger charge is -2.19. The lowest BCUT2D eigenvalue weighted by molar-refractivity contribution is 0.597. The van der Waals surface area contributed by atoms with Gasteiger partial charge in [0.2, 0.25) is 10.0 Å². The Morgan fingerprint density at radius 2 is 1.89 bits per heavy atom. The van der Waals surface area contributed by atoms with Gasteiger partial charge in [-0.05, 0) is 55.2 Å². The van der Waals surface area contributed by atoms with Crippen molar-refractivity contribution < 1.29 is 8.42 Å². The molecule has 0 amide bonds. The molecule has 0 unspecified atom stereocenters. The smallest absolute Gasteiger partial charge is 0.238 e. The molecule has 2 aromatic carbocycles. The minimum atomic E-state index is -3.68. The number of fused-ring (bicyclic) bond motifs is 1. The van der Waals surface area contributed by atoms with E-state index < -0.39 is 10.0 Å². The first-order chi connectivity index (χ1) is 13.5. The molecular weight excluding hydrogens is 374 g/mol. The number of benzene rings is 2. The van der Waals surface area contributed by atoms with Crippen LogP contribution in [0.3, 0.4) is 0 Å². The number of nitrogens with two attached hydrogens (primary N) is 1. The average Bonchev–Trinajstić information content (AvgIpc) is 3.32. The van der Waals surface area contributed by atoms with Crippen LogP contribution < -0.4 is 10.0 Å². The summed E-state index contributed by atoms with van der Waals surface area (Å²) in [7, 11) is -3.68. The number of para-hydroxylation sites is 1. The zero-order valence-corrected chi connectivity index (χ0v) is 16.1. The molecular formula is C20H21N5O2S. The summed E-state index contributed by atoms with van der Waals surface area (Å²) in [5.41, 5.74) is 5.27. The molecule has 1 aliphatic heterocycles. The maximum Gasteiger partial charge on any atom is 0.238 e. The van der Waals surface area contributed by atoms with Crippen LogP contribution in [0.25, 0.3) is 5.69 Å². The van der Waals surface area contributed by atoms with E-state index in [1.54, 1.807) is 12.1 Å². The Morgan fingerprint density at radius 3 is 2.61 bits per heavy atom. The van der Waals surface area contributed by atoms with E-state index in [4.69, 9.17) is 5.14 Å². The van der Waals surface area contributed by atoms with E-state index in [1.807, 2.05) is 41.1 Å². The second-order valence-corrected chi connectivity index (χ2v) is 9.01. The maximum absolute atomic E-state index is 11.6. The van der Waals surface area contributed by atoms with Crippen LogP contribution in [-0.2, 0) is 23.0 Å². The Hall–Kier alpha value is -2.71. The van der Waals surface area contributed by atoms with Crippen molar-refractivity contribution >= 4 is 15.7 Å². The van der Waals surface area contributed by atoms with Gasteiger partial charge in [-0.2, -0.15) is 0 Å². The first kappa shape index (κ1) is 17.4. The highest BCUT2D eigenvalue weighted by Gasteiger charge is 2.33. The second-order valence-electron chi connectivity index (χ2n) is 7.45. The van der Waals surface area contributed by atoms with Crippen LogP contribution in [0, 0.1) is 0 Å². The lowest BCUT2D eigenvalue weighted by Crippen LogP contribution is -2.21. The first-order valence-electron chi connectivity index (χ1n) is 9.41. The molecule has 1 saturated carbocycles. The monoisotopic (exact) mass is 395 g/mol. The van der Waals surface area contributed by atoms with E-state index >= 15 is 0 Å². The van der Waals surface area contributed by atoms with Crippen molar-refractivity contribution in [3.8, 4) is 5.69 Å². The first-order valence-corrected chi connectivity index (χ1v) is 11.0. The molecule has 7 nitrogen and oxygen atoms in total. The molecule has 0 saturated heterocycles. The third kappa shape index (κ3) is 3.08. The summed E-state index contributed by atoms with van der Waals surface area (Å²) < 4.78 is 25.2. The molecule has 144 valence electrons. The van der Waals surface area contributed by atoms with Gasteiger partial charge in [-0.25, -0.2) is 18.2 Å². The van der Waals surface area contributed by atoms with Gasteiger partial charge in [-0.1, -0.05) is 23.4 Å². The molecule has 0 atom stereocenters. The highest BCUT2D eigenvalue weighted by atomic mass is 32.2. The number of hydrogen-bond acceptors (Lipinski definition) is 5. The summed E-state index contributed by atoms with van der Waals surface area (Å²) in [6.07, 6.45) is 3.13. The average molecular weight is 395 g/mol. The van der Waals surface area contributed by atoms with Crippen LogP contribution in [0.2, 0.25) is 0 Å².